The Hall–Kier alpha value is -2.40. The van der Waals surface area contributed by atoms with Crippen molar-refractivity contribution in [3.8, 4) is 11.5 Å². The first-order valence-electron chi connectivity index (χ1n) is 15.5. The van der Waals surface area contributed by atoms with Crippen LogP contribution in [0.4, 0.5) is 5.69 Å². The Labute approximate surface area is 251 Å². The summed E-state index contributed by atoms with van der Waals surface area (Å²) in [5.74, 6) is 1.89. The summed E-state index contributed by atoms with van der Waals surface area (Å²) in [6.07, 6.45) is 0.944. The van der Waals surface area contributed by atoms with Gasteiger partial charge in [-0.3, -0.25) is 4.90 Å². The lowest BCUT2D eigenvalue weighted by Crippen LogP contribution is -2.53. The quantitative estimate of drug-likeness (QED) is 0.356. The van der Waals surface area contributed by atoms with Crippen LogP contribution in [0.15, 0.2) is 42.5 Å². The molecule has 9 nitrogen and oxygen atoms in total. The number of nitrogens with one attached hydrogen (secondary N) is 1. The van der Waals surface area contributed by atoms with Crippen molar-refractivity contribution in [2.45, 2.75) is 57.1 Å². The molecule has 42 heavy (non-hydrogen) atoms. The predicted molar refractivity (Wildman–Crippen MR) is 164 cm³/mol. The molecule has 3 aliphatic heterocycles. The summed E-state index contributed by atoms with van der Waals surface area (Å²) in [7, 11) is 3.45. The zero-order chi connectivity index (χ0) is 29.3. The van der Waals surface area contributed by atoms with Crippen molar-refractivity contribution in [2.24, 2.45) is 0 Å². The van der Waals surface area contributed by atoms with Gasteiger partial charge in [0.15, 0.2) is 0 Å². The molecule has 5 atom stereocenters. The van der Waals surface area contributed by atoms with Crippen molar-refractivity contribution in [1.82, 2.24) is 10.2 Å². The van der Waals surface area contributed by atoms with Crippen molar-refractivity contribution in [3.05, 3.63) is 53.6 Å². The van der Waals surface area contributed by atoms with Crippen LogP contribution < -0.4 is 19.7 Å². The molecule has 0 saturated carbocycles. The van der Waals surface area contributed by atoms with Crippen LogP contribution in [0, 0.1) is 0 Å². The van der Waals surface area contributed by atoms with Gasteiger partial charge in [-0.15, -0.1) is 0 Å². The predicted octanol–water partition coefficient (Wildman–Crippen LogP) is 3.70. The molecule has 3 aliphatic rings. The van der Waals surface area contributed by atoms with Gasteiger partial charge in [0.05, 0.1) is 58.0 Å². The van der Waals surface area contributed by atoms with Gasteiger partial charge in [0.2, 0.25) is 0 Å². The average Bonchev–Trinajstić information content (AvgIpc) is 3.02. The van der Waals surface area contributed by atoms with E-state index < -0.39 is 0 Å². The van der Waals surface area contributed by atoms with E-state index in [2.05, 4.69) is 59.3 Å². The van der Waals surface area contributed by atoms with Gasteiger partial charge in [-0.05, 0) is 55.7 Å². The minimum Gasteiger partial charge on any atom is -0.497 e. The van der Waals surface area contributed by atoms with Crippen molar-refractivity contribution in [1.29, 1.82) is 0 Å². The summed E-state index contributed by atoms with van der Waals surface area (Å²) in [6.45, 7) is 12.9. The second-order valence-electron chi connectivity index (χ2n) is 11.7. The first kappa shape index (κ1) is 31.0. The van der Waals surface area contributed by atoms with Crippen LogP contribution in [0.5, 0.6) is 11.5 Å². The SMILES string of the molecule is COCCCN1CCOc2ccc(CO[C@H]3CNC[C@@H](OCCN4[C@H](C)COC[C@@H]4C)[C@@H]3c3ccc(OC)cc3)cc21. The topological polar surface area (TPSA) is 73.9 Å². The lowest BCUT2D eigenvalue weighted by molar-refractivity contribution is -0.0796. The molecular weight excluding hydrogens is 534 g/mol. The Kier molecular flexibility index (Phi) is 11.4. The van der Waals surface area contributed by atoms with Gasteiger partial charge in [-0.2, -0.15) is 0 Å². The minimum atomic E-state index is -0.0385. The molecule has 5 rings (SSSR count). The maximum absolute atomic E-state index is 6.70. The Morgan fingerprint density at radius 1 is 0.905 bits per heavy atom. The number of hydrogen-bond acceptors (Lipinski definition) is 9. The van der Waals surface area contributed by atoms with Gasteiger partial charge in [0, 0.05) is 57.9 Å². The van der Waals surface area contributed by atoms with Crippen LogP contribution in [0.3, 0.4) is 0 Å². The third-order valence-electron chi connectivity index (χ3n) is 8.75. The number of hydrogen-bond donors (Lipinski definition) is 1. The van der Waals surface area contributed by atoms with Crippen LogP contribution in [-0.2, 0) is 25.6 Å². The van der Waals surface area contributed by atoms with Crippen LogP contribution >= 0.6 is 0 Å². The van der Waals surface area contributed by atoms with E-state index >= 15 is 0 Å². The number of fused-ring (bicyclic) bond motifs is 1. The molecule has 9 heteroatoms. The van der Waals surface area contributed by atoms with Gasteiger partial charge in [-0.25, -0.2) is 0 Å². The Morgan fingerprint density at radius 2 is 1.67 bits per heavy atom. The molecular formula is C33H49N3O6. The highest BCUT2D eigenvalue weighted by Crippen LogP contribution is 2.35. The van der Waals surface area contributed by atoms with Crippen LogP contribution in [0.25, 0.3) is 0 Å². The highest BCUT2D eigenvalue weighted by molar-refractivity contribution is 5.61. The number of anilines is 1. The highest BCUT2D eigenvalue weighted by atomic mass is 16.5. The number of piperidine rings is 1. The molecule has 0 aromatic heterocycles. The second kappa shape index (κ2) is 15.4. The standard InChI is InChI=1S/C33H49N3O6/c1-24-21-39-22-25(2)36(24)14-17-41-31-19-34-20-32(33(31)27-7-9-28(38-4)10-8-27)42-23-26-6-11-30-29(18-26)35(13-16-40-30)12-5-15-37-3/h6-11,18,24-25,31-34H,5,12-17,19-23H2,1-4H3/t24-,25+,31-,32+,33+/m1/s1. The summed E-state index contributed by atoms with van der Waals surface area (Å²) in [4.78, 5) is 4.89. The summed E-state index contributed by atoms with van der Waals surface area (Å²) in [5.41, 5.74) is 3.49. The third kappa shape index (κ3) is 7.75. The lowest BCUT2D eigenvalue weighted by atomic mass is 9.85. The molecule has 2 aromatic carbocycles. The van der Waals surface area contributed by atoms with E-state index in [0.29, 0.717) is 31.9 Å². The molecule has 3 heterocycles. The molecule has 1 N–H and O–H groups in total. The van der Waals surface area contributed by atoms with E-state index in [0.717, 1.165) is 81.7 Å². The van der Waals surface area contributed by atoms with E-state index in [1.54, 1.807) is 14.2 Å². The molecule has 2 saturated heterocycles. The molecule has 0 spiro atoms. The van der Waals surface area contributed by atoms with E-state index in [1.807, 2.05) is 12.1 Å². The van der Waals surface area contributed by atoms with Crippen LogP contribution in [0.2, 0.25) is 0 Å². The number of morpholine rings is 1. The van der Waals surface area contributed by atoms with Gasteiger partial charge in [0.1, 0.15) is 18.1 Å². The van der Waals surface area contributed by atoms with Gasteiger partial charge < -0.3 is 38.6 Å². The van der Waals surface area contributed by atoms with Gasteiger partial charge >= 0.3 is 0 Å². The minimum absolute atomic E-state index is 0.00277. The lowest BCUT2D eigenvalue weighted by Gasteiger charge is -2.41. The maximum Gasteiger partial charge on any atom is 0.142 e. The van der Waals surface area contributed by atoms with Gasteiger partial charge in [-0.1, -0.05) is 18.2 Å². The molecule has 2 fully saturated rings. The monoisotopic (exact) mass is 583 g/mol. The maximum atomic E-state index is 6.70. The largest absolute Gasteiger partial charge is 0.497 e. The van der Waals surface area contributed by atoms with Crippen molar-refractivity contribution in [3.63, 3.8) is 0 Å². The number of nitrogens with zero attached hydrogens (tertiary/aromatic N) is 2. The Balaban J connectivity index is 1.27. The fourth-order valence-electron chi connectivity index (χ4n) is 6.47. The van der Waals surface area contributed by atoms with E-state index in [9.17, 15) is 0 Å². The fourth-order valence-corrected chi connectivity index (χ4v) is 6.47. The number of benzene rings is 2. The second-order valence-corrected chi connectivity index (χ2v) is 11.7. The molecule has 0 bridgehead atoms. The Bertz CT molecular complexity index is 1090. The zero-order valence-corrected chi connectivity index (χ0v) is 25.8. The normalized spacial score (nSPS) is 26.5. The first-order chi connectivity index (χ1) is 20.6. The molecule has 0 aliphatic carbocycles. The summed E-state index contributed by atoms with van der Waals surface area (Å²) >= 11 is 0. The number of ether oxygens (including phenoxy) is 6. The smallest absolute Gasteiger partial charge is 0.142 e. The van der Waals surface area contributed by atoms with Crippen LogP contribution in [0.1, 0.15) is 37.3 Å². The first-order valence-corrected chi connectivity index (χ1v) is 15.5. The number of rotatable bonds is 13. The summed E-state index contributed by atoms with van der Waals surface area (Å²) in [6, 6.07) is 15.6. The van der Waals surface area contributed by atoms with Crippen molar-refractivity contribution < 1.29 is 28.4 Å². The zero-order valence-electron chi connectivity index (χ0n) is 25.8. The Morgan fingerprint density at radius 3 is 2.40 bits per heavy atom. The highest BCUT2D eigenvalue weighted by Gasteiger charge is 2.36. The van der Waals surface area contributed by atoms with Gasteiger partial charge in [0.25, 0.3) is 0 Å². The average molecular weight is 584 g/mol. The fraction of sp³-hybridized carbons (Fsp3) is 0.636. The molecule has 0 amide bonds. The van der Waals surface area contributed by atoms with E-state index in [4.69, 9.17) is 28.4 Å². The van der Waals surface area contributed by atoms with Crippen molar-refractivity contribution >= 4 is 5.69 Å². The van der Waals surface area contributed by atoms with Crippen LogP contribution in [-0.4, -0.2) is 109 Å². The summed E-state index contributed by atoms with van der Waals surface area (Å²) in [5, 5.41) is 3.59. The third-order valence-corrected chi connectivity index (χ3v) is 8.75. The van der Waals surface area contributed by atoms with E-state index in [1.165, 1.54) is 5.56 Å². The molecule has 2 aromatic rings. The number of methoxy groups -OCH3 is 2. The molecule has 0 radical (unpaired) electrons. The van der Waals surface area contributed by atoms with Crippen molar-refractivity contribution in [2.75, 3.05) is 84.9 Å². The molecule has 0 unspecified atom stereocenters. The molecule has 232 valence electrons. The summed E-state index contributed by atoms with van der Waals surface area (Å²) < 4.78 is 35.7. The van der Waals surface area contributed by atoms with E-state index in [-0.39, 0.29) is 18.1 Å².